The van der Waals surface area contributed by atoms with E-state index in [2.05, 4.69) is 5.32 Å². The van der Waals surface area contributed by atoms with Crippen LogP contribution < -0.4 is 5.32 Å². The van der Waals surface area contributed by atoms with Gasteiger partial charge in [-0.1, -0.05) is 30.3 Å². The second-order valence-electron chi connectivity index (χ2n) is 5.91. The van der Waals surface area contributed by atoms with E-state index in [1.807, 2.05) is 30.3 Å². The normalized spacial score (nSPS) is 17.3. The Morgan fingerprint density at radius 3 is 2.21 bits per heavy atom. The van der Waals surface area contributed by atoms with Gasteiger partial charge < -0.3 is 10.2 Å². The SMILES string of the molecule is CC(=O)NC(CC(=O)N1CCN(S(C)(=O)=O)CC1)c1ccccc1. The smallest absolute Gasteiger partial charge is 0.225 e. The van der Waals surface area contributed by atoms with Crippen molar-refractivity contribution in [2.24, 2.45) is 0 Å². The highest BCUT2D eigenvalue weighted by molar-refractivity contribution is 7.88. The molecule has 2 rings (SSSR count). The van der Waals surface area contributed by atoms with Crippen LogP contribution in [0.25, 0.3) is 0 Å². The van der Waals surface area contributed by atoms with Gasteiger partial charge in [-0.05, 0) is 5.56 Å². The maximum Gasteiger partial charge on any atom is 0.225 e. The van der Waals surface area contributed by atoms with E-state index in [0.717, 1.165) is 5.56 Å². The Bertz CT molecular complexity index is 683. The molecule has 1 unspecified atom stereocenters. The van der Waals surface area contributed by atoms with Gasteiger partial charge in [0.1, 0.15) is 0 Å². The quantitative estimate of drug-likeness (QED) is 0.828. The highest BCUT2D eigenvalue weighted by atomic mass is 32.2. The minimum Gasteiger partial charge on any atom is -0.349 e. The molecule has 1 heterocycles. The molecule has 7 nitrogen and oxygen atoms in total. The average Bonchev–Trinajstić information content (AvgIpc) is 2.54. The first kappa shape index (κ1) is 18.4. The van der Waals surface area contributed by atoms with Crippen LogP contribution in [0.1, 0.15) is 24.9 Å². The topological polar surface area (TPSA) is 86.8 Å². The second-order valence-corrected chi connectivity index (χ2v) is 7.89. The molecule has 1 aromatic carbocycles. The number of piperazine rings is 1. The summed E-state index contributed by atoms with van der Waals surface area (Å²) in [6, 6.07) is 8.95. The zero-order valence-electron chi connectivity index (χ0n) is 13.9. The van der Waals surface area contributed by atoms with Crippen molar-refractivity contribution in [3.8, 4) is 0 Å². The number of amides is 2. The second kappa shape index (κ2) is 7.76. The Balaban J connectivity index is 2.00. The summed E-state index contributed by atoms with van der Waals surface area (Å²) in [6.07, 6.45) is 1.33. The van der Waals surface area contributed by atoms with Crippen molar-refractivity contribution >= 4 is 21.8 Å². The van der Waals surface area contributed by atoms with Crippen LogP contribution >= 0.6 is 0 Å². The number of nitrogens with one attached hydrogen (secondary N) is 1. The lowest BCUT2D eigenvalue weighted by molar-refractivity contribution is -0.133. The molecule has 2 amide bonds. The van der Waals surface area contributed by atoms with Gasteiger partial charge >= 0.3 is 0 Å². The molecule has 1 aromatic rings. The molecule has 1 aliphatic rings. The number of rotatable bonds is 5. The Labute approximate surface area is 142 Å². The van der Waals surface area contributed by atoms with E-state index < -0.39 is 10.0 Å². The van der Waals surface area contributed by atoms with Crippen LogP contribution in [0.3, 0.4) is 0 Å². The summed E-state index contributed by atoms with van der Waals surface area (Å²) >= 11 is 0. The fraction of sp³-hybridized carbons (Fsp3) is 0.500. The van der Waals surface area contributed by atoms with Crippen LogP contribution in [0.4, 0.5) is 0 Å². The summed E-state index contributed by atoms with van der Waals surface area (Å²) in [5.41, 5.74) is 0.871. The van der Waals surface area contributed by atoms with Crippen molar-refractivity contribution in [3.05, 3.63) is 35.9 Å². The minimum absolute atomic E-state index is 0.0919. The van der Waals surface area contributed by atoms with Gasteiger partial charge in [0, 0.05) is 33.1 Å². The summed E-state index contributed by atoms with van der Waals surface area (Å²) in [5.74, 6) is -0.288. The van der Waals surface area contributed by atoms with Crippen LogP contribution in [-0.4, -0.2) is 61.9 Å². The summed E-state index contributed by atoms with van der Waals surface area (Å²) in [6.45, 7) is 2.77. The van der Waals surface area contributed by atoms with E-state index in [0.29, 0.717) is 26.2 Å². The number of hydrogen-bond donors (Lipinski definition) is 1. The van der Waals surface area contributed by atoms with Crippen molar-refractivity contribution < 1.29 is 18.0 Å². The van der Waals surface area contributed by atoms with Crippen LogP contribution in [0, 0.1) is 0 Å². The first-order valence-corrected chi connectivity index (χ1v) is 9.67. The molecule has 8 heteroatoms. The number of hydrogen-bond acceptors (Lipinski definition) is 4. The van der Waals surface area contributed by atoms with Crippen molar-refractivity contribution in [2.45, 2.75) is 19.4 Å². The molecule has 0 radical (unpaired) electrons. The minimum atomic E-state index is -3.22. The van der Waals surface area contributed by atoms with Crippen molar-refractivity contribution in [1.82, 2.24) is 14.5 Å². The van der Waals surface area contributed by atoms with E-state index in [4.69, 9.17) is 0 Å². The zero-order valence-corrected chi connectivity index (χ0v) is 14.8. The number of benzene rings is 1. The van der Waals surface area contributed by atoms with Gasteiger partial charge in [0.15, 0.2) is 0 Å². The monoisotopic (exact) mass is 353 g/mol. The molecule has 0 spiro atoms. The van der Waals surface area contributed by atoms with E-state index in [1.165, 1.54) is 17.5 Å². The Morgan fingerprint density at radius 2 is 1.71 bits per heavy atom. The highest BCUT2D eigenvalue weighted by Crippen LogP contribution is 2.18. The van der Waals surface area contributed by atoms with Gasteiger partial charge in [0.05, 0.1) is 18.7 Å². The third-order valence-electron chi connectivity index (χ3n) is 4.02. The highest BCUT2D eigenvalue weighted by Gasteiger charge is 2.27. The van der Waals surface area contributed by atoms with Gasteiger partial charge in [-0.15, -0.1) is 0 Å². The molecular weight excluding hydrogens is 330 g/mol. The predicted octanol–water partition coefficient (Wildman–Crippen LogP) is 0.358. The molecule has 1 fully saturated rings. The number of carbonyl (C=O) groups is 2. The third-order valence-corrected chi connectivity index (χ3v) is 5.32. The number of carbonyl (C=O) groups excluding carboxylic acids is 2. The van der Waals surface area contributed by atoms with Gasteiger partial charge in [0.25, 0.3) is 0 Å². The molecule has 1 aliphatic heterocycles. The van der Waals surface area contributed by atoms with Crippen LogP contribution in [-0.2, 0) is 19.6 Å². The average molecular weight is 353 g/mol. The standard InChI is InChI=1S/C16H23N3O4S/c1-13(20)17-15(14-6-4-3-5-7-14)12-16(21)18-8-10-19(11-9-18)24(2,22)23/h3-7,15H,8-12H2,1-2H3,(H,17,20). The molecule has 1 saturated heterocycles. The first-order valence-electron chi connectivity index (χ1n) is 7.82. The Kier molecular flexibility index (Phi) is 5.95. The van der Waals surface area contributed by atoms with Gasteiger partial charge in [-0.3, -0.25) is 9.59 Å². The van der Waals surface area contributed by atoms with Crippen molar-refractivity contribution in [3.63, 3.8) is 0 Å². The van der Waals surface area contributed by atoms with Crippen LogP contribution in [0.15, 0.2) is 30.3 Å². The fourth-order valence-electron chi connectivity index (χ4n) is 2.76. The maximum atomic E-state index is 12.5. The number of sulfonamides is 1. The summed E-state index contributed by atoms with van der Waals surface area (Å²) < 4.78 is 24.4. The third kappa shape index (κ3) is 5.04. The van der Waals surface area contributed by atoms with Crippen LogP contribution in [0.5, 0.6) is 0 Å². The molecule has 0 aromatic heterocycles. The molecule has 0 bridgehead atoms. The maximum absolute atomic E-state index is 12.5. The summed E-state index contributed by atoms with van der Waals surface area (Å²) in [7, 11) is -3.22. The van der Waals surface area contributed by atoms with Crippen molar-refractivity contribution in [2.75, 3.05) is 32.4 Å². The molecule has 132 valence electrons. The molecule has 24 heavy (non-hydrogen) atoms. The lowest BCUT2D eigenvalue weighted by Gasteiger charge is -2.34. The largest absolute Gasteiger partial charge is 0.349 e. The molecule has 1 N–H and O–H groups in total. The summed E-state index contributed by atoms with van der Waals surface area (Å²) in [4.78, 5) is 25.6. The summed E-state index contributed by atoms with van der Waals surface area (Å²) in [5, 5.41) is 2.81. The fourth-order valence-corrected chi connectivity index (χ4v) is 3.58. The Hall–Kier alpha value is -1.93. The lowest BCUT2D eigenvalue weighted by Crippen LogP contribution is -2.50. The molecule has 1 atom stereocenters. The lowest BCUT2D eigenvalue weighted by atomic mass is 10.0. The molecular formula is C16H23N3O4S. The molecule has 0 aliphatic carbocycles. The predicted molar refractivity (Wildman–Crippen MR) is 90.6 cm³/mol. The number of nitrogens with zero attached hydrogens (tertiary/aromatic N) is 2. The molecule has 0 saturated carbocycles. The van der Waals surface area contributed by atoms with E-state index in [1.54, 1.807) is 4.90 Å². The van der Waals surface area contributed by atoms with Crippen molar-refractivity contribution in [1.29, 1.82) is 0 Å². The van der Waals surface area contributed by atoms with Gasteiger partial charge in [0.2, 0.25) is 21.8 Å². The Morgan fingerprint density at radius 1 is 1.12 bits per heavy atom. The van der Waals surface area contributed by atoms with Gasteiger partial charge in [-0.2, -0.15) is 4.31 Å². The van der Waals surface area contributed by atoms with E-state index >= 15 is 0 Å². The van der Waals surface area contributed by atoms with Gasteiger partial charge in [-0.25, -0.2) is 8.42 Å². The zero-order chi connectivity index (χ0) is 17.7. The van der Waals surface area contributed by atoms with E-state index in [-0.39, 0.29) is 24.3 Å². The van der Waals surface area contributed by atoms with Crippen LogP contribution in [0.2, 0.25) is 0 Å². The first-order chi connectivity index (χ1) is 11.3. The van der Waals surface area contributed by atoms with E-state index in [9.17, 15) is 18.0 Å².